The zero-order valence-electron chi connectivity index (χ0n) is 16.2. The number of hydrogen-bond donors (Lipinski definition) is 2. The first-order valence-corrected chi connectivity index (χ1v) is 10.4. The average molecular weight is 347 g/mol. The van der Waals surface area contributed by atoms with Crippen molar-refractivity contribution >= 4 is 0 Å². The van der Waals surface area contributed by atoms with E-state index in [9.17, 15) is 10.2 Å². The van der Waals surface area contributed by atoms with Crippen LogP contribution in [0, 0.1) is 0 Å². The van der Waals surface area contributed by atoms with Gasteiger partial charge in [0.25, 0.3) is 0 Å². The summed E-state index contributed by atoms with van der Waals surface area (Å²) in [5, 5.41) is 19.2. The fraction of sp³-hybridized carbons (Fsp3) is 0.652. The van der Waals surface area contributed by atoms with Gasteiger partial charge in [0.15, 0.2) is 11.5 Å². The van der Waals surface area contributed by atoms with Crippen LogP contribution in [0.4, 0.5) is 0 Å². The lowest BCUT2D eigenvalue weighted by Crippen LogP contribution is -1.88. The zero-order chi connectivity index (χ0) is 18.2. The van der Waals surface area contributed by atoms with Gasteiger partial charge >= 0.3 is 0 Å². The molecule has 0 aliphatic rings. The van der Waals surface area contributed by atoms with Crippen molar-refractivity contribution in [1.29, 1.82) is 0 Å². The minimum Gasteiger partial charge on any atom is -0.504 e. The second-order valence-electron chi connectivity index (χ2n) is 7.12. The molecular weight excluding hydrogens is 308 g/mol. The van der Waals surface area contributed by atoms with Crippen molar-refractivity contribution in [2.45, 2.75) is 96.8 Å². The Hall–Kier alpha value is -1.44. The summed E-state index contributed by atoms with van der Waals surface area (Å²) in [5.41, 5.74) is 0.865. The topological polar surface area (TPSA) is 40.5 Å². The first kappa shape index (κ1) is 21.6. The Kier molecular flexibility index (Phi) is 12.8. The van der Waals surface area contributed by atoms with Crippen LogP contribution in [0.25, 0.3) is 0 Å². The summed E-state index contributed by atoms with van der Waals surface area (Å²) in [7, 11) is 0. The van der Waals surface area contributed by atoms with Crippen molar-refractivity contribution in [3.8, 4) is 11.5 Å². The third-order valence-corrected chi connectivity index (χ3v) is 4.81. The Morgan fingerprint density at radius 3 is 1.92 bits per heavy atom. The number of unbranched alkanes of at least 4 members (excludes halogenated alkanes) is 11. The van der Waals surface area contributed by atoms with E-state index in [4.69, 9.17) is 0 Å². The first-order chi connectivity index (χ1) is 12.3. The fourth-order valence-corrected chi connectivity index (χ4v) is 3.15. The lowest BCUT2D eigenvalue weighted by atomic mass is 10.0. The summed E-state index contributed by atoms with van der Waals surface area (Å²) in [6, 6.07) is 5.22. The third-order valence-electron chi connectivity index (χ3n) is 4.81. The van der Waals surface area contributed by atoms with E-state index in [1.165, 1.54) is 83.1 Å². The van der Waals surface area contributed by atoms with Crippen molar-refractivity contribution in [3.63, 3.8) is 0 Å². The number of para-hydroxylation sites is 1. The largest absolute Gasteiger partial charge is 0.504 e. The highest BCUT2D eigenvalue weighted by molar-refractivity contribution is 5.44. The molecule has 25 heavy (non-hydrogen) atoms. The maximum atomic E-state index is 9.76. The molecule has 0 saturated carbocycles. The number of aryl methyl sites for hydroxylation is 1. The molecule has 0 aromatic heterocycles. The molecule has 0 fully saturated rings. The predicted octanol–water partition coefficient (Wildman–Crippen LogP) is 7.29. The summed E-state index contributed by atoms with van der Waals surface area (Å²) in [6.45, 7) is 2.24. The maximum Gasteiger partial charge on any atom is 0.160 e. The molecule has 0 atom stereocenters. The highest BCUT2D eigenvalue weighted by atomic mass is 16.3. The molecule has 1 aromatic carbocycles. The number of rotatable bonds is 15. The van der Waals surface area contributed by atoms with E-state index in [0.29, 0.717) is 0 Å². The van der Waals surface area contributed by atoms with Gasteiger partial charge < -0.3 is 10.2 Å². The molecule has 0 heterocycles. The van der Waals surface area contributed by atoms with Crippen molar-refractivity contribution < 1.29 is 10.2 Å². The number of phenols is 2. The van der Waals surface area contributed by atoms with Crippen LogP contribution in [0.1, 0.15) is 96.0 Å². The number of phenolic OH excluding ortho intramolecular Hbond substituents is 2. The molecular formula is C23H38O2. The van der Waals surface area contributed by atoms with Crippen LogP contribution < -0.4 is 0 Å². The van der Waals surface area contributed by atoms with E-state index in [1.54, 1.807) is 6.07 Å². The van der Waals surface area contributed by atoms with Crippen molar-refractivity contribution in [2.75, 3.05) is 0 Å². The van der Waals surface area contributed by atoms with Crippen LogP contribution >= 0.6 is 0 Å². The summed E-state index contributed by atoms with van der Waals surface area (Å²) in [4.78, 5) is 0. The van der Waals surface area contributed by atoms with Crippen molar-refractivity contribution in [2.24, 2.45) is 0 Å². The summed E-state index contributed by atoms with van der Waals surface area (Å²) in [6.07, 6.45) is 22.4. The smallest absolute Gasteiger partial charge is 0.160 e. The lowest BCUT2D eigenvalue weighted by molar-refractivity contribution is 0.398. The number of allylic oxidation sites excluding steroid dienone is 2. The van der Waals surface area contributed by atoms with Crippen molar-refractivity contribution in [1.82, 2.24) is 0 Å². The molecule has 0 bridgehead atoms. The van der Waals surface area contributed by atoms with E-state index in [0.717, 1.165) is 18.4 Å². The summed E-state index contributed by atoms with van der Waals surface area (Å²) in [5.74, 6) is 0.0525. The van der Waals surface area contributed by atoms with Crippen LogP contribution in [0.2, 0.25) is 0 Å². The molecule has 2 N–H and O–H groups in total. The van der Waals surface area contributed by atoms with E-state index < -0.39 is 0 Å². The molecule has 0 radical (unpaired) electrons. The standard InChI is InChI=1S/C23H38O2/c1-2-3-4-5-6-7-8-9-10-11-12-13-14-15-16-18-21-19-17-20-22(24)23(21)25/h5-6,17,19-20,24-25H,2-4,7-16,18H2,1H3/b6-5-. The number of hydrogen-bond acceptors (Lipinski definition) is 2. The van der Waals surface area contributed by atoms with E-state index in [-0.39, 0.29) is 11.5 Å². The zero-order valence-corrected chi connectivity index (χ0v) is 16.2. The van der Waals surface area contributed by atoms with Gasteiger partial charge in [-0.3, -0.25) is 0 Å². The van der Waals surface area contributed by atoms with Crippen LogP contribution in [-0.2, 0) is 6.42 Å². The van der Waals surface area contributed by atoms with E-state index >= 15 is 0 Å². The second kappa shape index (κ2) is 14.9. The van der Waals surface area contributed by atoms with Gasteiger partial charge in [0.2, 0.25) is 0 Å². The highest BCUT2D eigenvalue weighted by Crippen LogP contribution is 2.29. The fourth-order valence-electron chi connectivity index (χ4n) is 3.15. The Morgan fingerprint density at radius 1 is 0.720 bits per heavy atom. The lowest BCUT2D eigenvalue weighted by Gasteiger charge is -2.06. The Morgan fingerprint density at radius 2 is 1.28 bits per heavy atom. The summed E-state index contributed by atoms with van der Waals surface area (Å²) < 4.78 is 0. The van der Waals surface area contributed by atoms with Crippen LogP contribution in [0.3, 0.4) is 0 Å². The minimum atomic E-state index is -0.00560. The second-order valence-corrected chi connectivity index (χ2v) is 7.12. The van der Waals surface area contributed by atoms with Crippen molar-refractivity contribution in [3.05, 3.63) is 35.9 Å². The summed E-state index contributed by atoms with van der Waals surface area (Å²) >= 11 is 0. The molecule has 1 rings (SSSR count). The number of aromatic hydroxyl groups is 2. The van der Waals surface area contributed by atoms with Gasteiger partial charge in [0.05, 0.1) is 0 Å². The van der Waals surface area contributed by atoms with Gasteiger partial charge in [-0.25, -0.2) is 0 Å². The molecule has 0 amide bonds. The minimum absolute atomic E-state index is 0.00560. The van der Waals surface area contributed by atoms with Gasteiger partial charge in [0, 0.05) is 0 Å². The third kappa shape index (κ3) is 10.9. The quantitative estimate of drug-likeness (QED) is 0.199. The molecule has 0 saturated heterocycles. The van der Waals surface area contributed by atoms with E-state index in [2.05, 4.69) is 19.1 Å². The monoisotopic (exact) mass is 346 g/mol. The van der Waals surface area contributed by atoms with Gasteiger partial charge in [-0.05, 0) is 43.7 Å². The Labute approximate surface area is 155 Å². The van der Waals surface area contributed by atoms with Gasteiger partial charge in [-0.1, -0.05) is 89.0 Å². The van der Waals surface area contributed by atoms with Gasteiger partial charge in [-0.2, -0.15) is 0 Å². The Balaban J connectivity index is 1.86. The van der Waals surface area contributed by atoms with Crippen LogP contribution in [0.5, 0.6) is 11.5 Å². The van der Waals surface area contributed by atoms with Gasteiger partial charge in [0.1, 0.15) is 0 Å². The van der Waals surface area contributed by atoms with Crippen LogP contribution in [-0.4, -0.2) is 10.2 Å². The van der Waals surface area contributed by atoms with Crippen LogP contribution in [0.15, 0.2) is 30.4 Å². The molecule has 0 spiro atoms. The average Bonchev–Trinajstić information content (AvgIpc) is 2.61. The van der Waals surface area contributed by atoms with Gasteiger partial charge in [-0.15, -0.1) is 0 Å². The normalized spacial score (nSPS) is 11.4. The predicted molar refractivity (Wildman–Crippen MR) is 108 cm³/mol. The molecule has 1 aromatic rings. The van der Waals surface area contributed by atoms with E-state index in [1.807, 2.05) is 6.07 Å². The molecule has 0 aliphatic heterocycles. The SMILES string of the molecule is CCCC/C=C\CCCCCCCCCCCc1cccc(O)c1O. The Bertz CT molecular complexity index is 465. The number of benzene rings is 1. The molecule has 2 nitrogen and oxygen atoms in total. The molecule has 2 heteroatoms. The molecule has 0 aliphatic carbocycles. The molecule has 142 valence electrons. The molecule has 0 unspecified atom stereocenters. The highest BCUT2D eigenvalue weighted by Gasteiger charge is 2.04. The maximum absolute atomic E-state index is 9.76. The first-order valence-electron chi connectivity index (χ1n) is 10.4.